The molecule has 0 aromatic heterocycles. The van der Waals surface area contributed by atoms with E-state index < -0.39 is 6.04 Å². The van der Waals surface area contributed by atoms with Crippen LogP contribution in [-0.4, -0.2) is 28.8 Å². The molecule has 2 amide bonds. The topological polar surface area (TPSA) is 49.4 Å². The first kappa shape index (κ1) is 26.0. The predicted molar refractivity (Wildman–Crippen MR) is 140 cm³/mol. The summed E-state index contributed by atoms with van der Waals surface area (Å²) in [7, 11) is 0. The molecular weight excluding hydrogens is 420 g/mol. The minimum absolute atomic E-state index is 0.00220. The zero-order valence-electron chi connectivity index (χ0n) is 21.5. The van der Waals surface area contributed by atoms with Gasteiger partial charge < -0.3 is 10.2 Å². The minimum atomic E-state index is -0.447. The molecule has 0 saturated heterocycles. The van der Waals surface area contributed by atoms with Crippen LogP contribution in [0.2, 0.25) is 0 Å². The van der Waals surface area contributed by atoms with Crippen LogP contribution >= 0.6 is 0 Å². The first-order valence-corrected chi connectivity index (χ1v) is 13.1. The van der Waals surface area contributed by atoms with E-state index in [9.17, 15) is 9.59 Å². The molecule has 1 aliphatic rings. The van der Waals surface area contributed by atoms with Crippen molar-refractivity contribution in [3.8, 4) is 0 Å². The van der Waals surface area contributed by atoms with Crippen LogP contribution in [0, 0.1) is 6.92 Å². The lowest BCUT2D eigenvalue weighted by atomic mass is 9.95. The molecule has 184 valence electrons. The van der Waals surface area contributed by atoms with Gasteiger partial charge >= 0.3 is 0 Å². The molecule has 0 heterocycles. The first-order valence-electron chi connectivity index (χ1n) is 13.1. The third-order valence-electron chi connectivity index (χ3n) is 7.21. The fraction of sp³-hybridized carbons (Fsp3) is 0.533. The van der Waals surface area contributed by atoms with Gasteiger partial charge in [-0.15, -0.1) is 0 Å². The molecule has 1 aliphatic carbocycles. The van der Waals surface area contributed by atoms with E-state index in [-0.39, 0.29) is 17.9 Å². The first-order chi connectivity index (χ1) is 16.4. The van der Waals surface area contributed by atoms with Gasteiger partial charge in [-0.1, -0.05) is 88.6 Å². The van der Waals surface area contributed by atoms with E-state index in [4.69, 9.17) is 0 Å². The summed E-state index contributed by atoms with van der Waals surface area (Å²) in [5.74, 6) is 0.535. The average Bonchev–Trinajstić information content (AvgIpc) is 2.84. The summed E-state index contributed by atoms with van der Waals surface area (Å²) in [5.41, 5.74) is 4.71. The Labute approximate surface area is 206 Å². The van der Waals surface area contributed by atoms with Crippen LogP contribution in [0.5, 0.6) is 0 Å². The smallest absolute Gasteiger partial charge is 0.243 e. The van der Waals surface area contributed by atoms with E-state index in [1.807, 2.05) is 24.0 Å². The molecular formula is C30H42N2O2. The largest absolute Gasteiger partial charge is 0.352 e. The van der Waals surface area contributed by atoms with Gasteiger partial charge in [-0.3, -0.25) is 9.59 Å². The van der Waals surface area contributed by atoms with Crippen LogP contribution in [-0.2, 0) is 22.6 Å². The summed E-state index contributed by atoms with van der Waals surface area (Å²) >= 11 is 0. The molecule has 34 heavy (non-hydrogen) atoms. The van der Waals surface area contributed by atoms with Gasteiger partial charge in [0.25, 0.3) is 0 Å². The van der Waals surface area contributed by atoms with Gasteiger partial charge in [-0.05, 0) is 60.8 Å². The van der Waals surface area contributed by atoms with Crippen LogP contribution < -0.4 is 5.32 Å². The second-order valence-corrected chi connectivity index (χ2v) is 10.1. The molecule has 0 spiro atoms. The van der Waals surface area contributed by atoms with Gasteiger partial charge in [0, 0.05) is 19.0 Å². The van der Waals surface area contributed by atoms with E-state index >= 15 is 0 Å². The highest BCUT2D eigenvalue weighted by Gasteiger charge is 2.30. The molecule has 1 atom stereocenters. The Balaban J connectivity index is 1.74. The van der Waals surface area contributed by atoms with Crippen molar-refractivity contribution in [2.45, 2.75) is 104 Å². The molecule has 1 N–H and O–H groups in total. The Bertz CT molecular complexity index is 929. The standard InChI is InChI=1S/C30H42N2O2/c1-5-28(30(34)31-27-13-7-6-8-14-27)32(21-26-12-10-9-11-23(26)4)29(33)20-17-24-15-18-25(19-16-24)22(2)3/h9-12,15-16,18-19,22,27-28H,5-8,13-14,17,20-21H2,1-4H3,(H,31,34)/t28-/m0/s1. The number of hydrogen-bond acceptors (Lipinski definition) is 2. The van der Waals surface area contributed by atoms with Gasteiger partial charge in [-0.25, -0.2) is 0 Å². The SMILES string of the molecule is CC[C@@H](C(=O)NC1CCCCC1)N(Cc1ccccc1C)C(=O)CCc1ccc(C(C)C)cc1. The van der Waals surface area contributed by atoms with E-state index in [0.29, 0.717) is 31.7 Å². The van der Waals surface area contributed by atoms with Crippen LogP contribution in [0.1, 0.15) is 93.9 Å². The summed E-state index contributed by atoms with van der Waals surface area (Å²) in [4.78, 5) is 28.7. The van der Waals surface area contributed by atoms with Gasteiger partial charge in [-0.2, -0.15) is 0 Å². The predicted octanol–water partition coefficient (Wildman–Crippen LogP) is 6.31. The normalized spacial score (nSPS) is 15.2. The second-order valence-electron chi connectivity index (χ2n) is 10.1. The number of carbonyl (C=O) groups is 2. The number of benzene rings is 2. The van der Waals surface area contributed by atoms with Crippen molar-refractivity contribution in [3.63, 3.8) is 0 Å². The monoisotopic (exact) mass is 462 g/mol. The molecule has 3 rings (SSSR count). The third-order valence-corrected chi connectivity index (χ3v) is 7.21. The van der Waals surface area contributed by atoms with Crippen molar-refractivity contribution < 1.29 is 9.59 Å². The number of nitrogens with one attached hydrogen (secondary N) is 1. The maximum atomic E-state index is 13.6. The fourth-order valence-electron chi connectivity index (χ4n) is 4.90. The molecule has 2 aromatic rings. The van der Waals surface area contributed by atoms with Crippen molar-refractivity contribution in [3.05, 3.63) is 70.8 Å². The molecule has 0 bridgehead atoms. The maximum absolute atomic E-state index is 13.6. The molecule has 1 saturated carbocycles. The van der Waals surface area contributed by atoms with Crippen LogP contribution in [0.25, 0.3) is 0 Å². The summed E-state index contributed by atoms with van der Waals surface area (Å²) in [6, 6.07) is 16.5. The highest BCUT2D eigenvalue weighted by Crippen LogP contribution is 2.21. The Morgan fingerprint density at radius 2 is 1.68 bits per heavy atom. The molecule has 4 nitrogen and oxygen atoms in total. The van der Waals surface area contributed by atoms with E-state index in [1.165, 1.54) is 24.8 Å². The molecule has 2 aromatic carbocycles. The minimum Gasteiger partial charge on any atom is -0.352 e. The molecule has 0 unspecified atom stereocenters. The molecule has 1 fully saturated rings. The van der Waals surface area contributed by atoms with E-state index in [0.717, 1.165) is 29.5 Å². The van der Waals surface area contributed by atoms with E-state index in [1.54, 1.807) is 0 Å². The number of amides is 2. The summed E-state index contributed by atoms with van der Waals surface area (Å²) in [6.07, 6.45) is 7.37. The van der Waals surface area contributed by atoms with Crippen molar-refractivity contribution >= 4 is 11.8 Å². The fourth-order valence-corrected chi connectivity index (χ4v) is 4.90. The quantitative estimate of drug-likeness (QED) is 0.450. The summed E-state index contributed by atoms with van der Waals surface area (Å²) in [5, 5.41) is 3.26. The van der Waals surface area contributed by atoms with Gasteiger partial charge in [0.2, 0.25) is 11.8 Å². The highest BCUT2D eigenvalue weighted by molar-refractivity contribution is 5.88. The molecule has 0 radical (unpaired) electrons. The van der Waals surface area contributed by atoms with Gasteiger partial charge in [0.1, 0.15) is 6.04 Å². The number of rotatable bonds is 10. The Morgan fingerprint density at radius 1 is 1.00 bits per heavy atom. The van der Waals surface area contributed by atoms with Crippen LogP contribution in [0.15, 0.2) is 48.5 Å². The lowest BCUT2D eigenvalue weighted by Gasteiger charge is -2.33. The highest BCUT2D eigenvalue weighted by atomic mass is 16.2. The number of nitrogens with zero attached hydrogens (tertiary/aromatic N) is 1. The molecule has 4 heteroatoms. The van der Waals surface area contributed by atoms with Crippen LogP contribution in [0.3, 0.4) is 0 Å². The third kappa shape index (κ3) is 7.19. The summed E-state index contributed by atoms with van der Waals surface area (Å²) in [6.45, 7) is 8.91. The Morgan fingerprint density at radius 3 is 2.29 bits per heavy atom. The average molecular weight is 463 g/mol. The Kier molecular flexibility index (Phi) is 9.74. The second kappa shape index (κ2) is 12.7. The number of hydrogen-bond donors (Lipinski definition) is 1. The van der Waals surface area contributed by atoms with Crippen molar-refractivity contribution in [2.75, 3.05) is 0 Å². The van der Waals surface area contributed by atoms with Crippen molar-refractivity contribution in [1.29, 1.82) is 0 Å². The maximum Gasteiger partial charge on any atom is 0.243 e. The Hall–Kier alpha value is -2.62. The van der Waals surface area contributed by atoms with Crippen molar-refractivity contribution in [1.82, 2.24) is 10.2 Å². The number of aryl methyl sites for hydroxylation is 2. The lowest BCUT2D eigenvalue weighted by molar-refractivity contribution is -0.141. The van der Waals surface area contributed by atoms with Gasteiger partial charge in [0.15, 0.2) is 0 Å². The lowest BCUT2D eigenvalue weighted by Crippen LogP contribution is -2.51. The van der Waals surface area contributed by atoms with E-state index in [2.05, 4.69) is 62.5 Å². The van der Waals surface area contributed by atoms with Gasteiger partial charge in [0.05, 0.1) is 0 Å². The zero-order chi connectivity index (χ0) is 24.5. The van der Waals surface area contributed by atoms with Crippen molar-refractivity contribution in [2.24, 2.45) is 0 Å². The molecule has 0 aliphatic heterocycles. The van der Waals surface area contributed by atoms with Crippen LogP contribution in [0.4, 0.5) is 0 Å². The number of carbonyl (C=O) groups excluding carboxylic acids is 2. The zero-order valence-corrected chi connectivity index (χ0v) is 21.5. The summed E-state index contributed by atoms with van der Waals surface area (Å²) < 4.78 is 0.